The third kappa shape index (κ3) is 5.75. The van der Waals surface area contributed by atoms with Gasteiger partial charge in [0.25, 0.3) is 0 Å². The van der Waals surface area contributed by atoms with Gasteiger partial charge in [-0.2, -0.15) is 0 Å². The van der Waals surface area contributed by atoms with Crippen molar-refractivity contribution in [2.75, 3.05) is 32.8 Å². The van der Waals surface area contributed by atoms with Gasteiger partial charge in [0, 0.05) is 30.2 Å². The molecule has 0 radical (unpaired) electrons. The van der Waals surface area contributed by atoms with Crippen molar-refractivity contribution in [3.8, 4) is 5.75 Å². The standard InChI is InChI=1S/C27H34N2O4/c1-20(2)32-18-16-29-19-24(22-7-3-5-9-25(22)29)21-11-13-28(14-12-21)15-17-33-26-10-6-4-8-23(26)27(30)31/h3-10,19-21H,11-18H2,1-2H3,(H,30,31). The predicted molar refractivity (Wildman–Crippen MR) is 130 cm³/mol. The Morgan fingerprint density at radius 3 is 2.52 bits per heavy atom. The van der Waals surface area contributed by atoms with Crippen molar-refractivity contribution in [2.24, 2.45) is 0 Å². The Balaban J connectivity index is 1.33. The highest BCUT2D eigenvalue weighted by atomic mass is 16.5. The van der Waals surface area contributed by atoms with Crippen molar-refractivity contribution in [2.45, 2.75) is 45.3 Å². The Kier molecular flexibility index (Phi) is 7.68. The zero-order chi connectivity index (χ0) is 23.2. The molecule has 2 heterocycles. The summed E-state index contributed by atoms with van der Waals surface area (Å²) in [7, 11) is 0. The highest BCUT2D eigenvalue weighted by Crippen LogP contribution is 2.34. The number of para-hydroxylation sites is 2. The van der Waals surface area contributed by atoms with E-state index in [4.69, 9.17) is 9.47 Å². The summed E-state index contributed by atoms with van der Waals surface area (Å²) in [5, 5.41) is 10.7. The summed E-state index contributed by atoms with van der Waals surface area (Å²) < 4.78 is 13.9. The Morgan fingerprint density at radius 2 is 1.76 bits per heavy atom. The number of hydrogen-bond donors (Lipinski definition) is 1. The summed E-state index contributed by atoms with van der Waals surface area (Å²) in [6, 6.07) is 15.5. The van der Waals surface area contributed by atoms with Crippen LogP contribution in [0.15, 0.2) is 54.7 Å². The van der Waals surface area contributed by atoms with E-state index in [1.807, 2.05) is 0 Å². The third-order valence-electron chi connectivity index (χ3n) is 6.41. The molecular formula is C27H34N2O4. The number of aromatic carboxylic acids is 1. The predicted octanol–water partition coefficient (Wildman–Crippen LogP) is 5.02. The lowest BCUT2D eigenvalue weighted by Gasteiger charge is -2.31. The van der Waals surface area contributed by atoms with E-state index in [1.54, 1.807) is 24.3 Å². The number of benzene rings is 2. The maximum Gasteiger partial charge on any atom is 0.339 e. The van der Waals surface area contributed by atoms with E-state index >= 15 is 0 Å². The molecule has 0 aliphatic carbocycles. The lowest BCUT2D eigenvalue weighted by atomic mass is 9.89. The number of fused-ring (bicyclic) bond motifs is 1. The van der Waals surface area contributed by atoms with Crippen molar-refractivity contribution >= 4 is 16.9 Å². The molecule has 1 saturated heterocycles. The molecular weight excluding hydrogens is 416 g/mol. The lowest BCUT2D eigenvalue weighted by Crippen LogP contribution is -2.35. The van der Waals surface area contributed by atoms with Crippen LogP contribution in [0.5, 0.6) is 5.75 Å². The number of piperidine rings is 1. The van der Waals surface area contributed by atoms with Gasteiger partial charge in [0.05, 0.1) is 12.7 Å². The summed E-state index contributed by atoms with van der Waals surface area (Å²) in [4.78, 5) is 13.8. The SMILES string of the molecule is CC(C)OCCn1cc(C2CCN(CCOc3ccccc3C(=O)O)CC2)c2ccccc21. The molecule has 4 rings (SSSR count). The van der Waals surface area contributed by atoms with E-state index in [0.29, 0.717) is 18.3 Å². The summed E-state index contributed by atoms with van der Waals surface area (Å²) in [6.45, 7) is 9.06. The first-order valence-electron chi connectivity index (χ1n) is 11.9. The van der Waals surface area contributed by atoms with Gasteiger partial charge in [0.15, 0.2) is 0 Å². The van der Waals surface area contributed by atoms with Gasteiger partial charge in [-0.15, -0.1) is 0 Å². The van der Waals surface area contributed by atoms with Crippen LogP contribution in [0.2, 0.25) is 0 Å². The molecule has 1 aromatic heterocycles. The molecule has 6 nitrogen and oxygen atoms in total. The number of carboxylic acid groups (broad SMARTS) is 1. The Bertz CT molecular complexity index is 1070. The first-order valence-corrected chi connectivity index (χ1v) is 11.9. The fourth-order valence-electron chi connectivity index (χ4n) is 4.69. The molecule has 1 aliphatic heterocycles. The monoisotopic (exact) mass is 450 g/mol. The maximum absolute atomic E-state index is 11.3. The average molecular weight is 451 g/mol. The van der Waals surface area contributed by atoms with Crippen LogP contribution in [0.1, 0.15) is 48.5 Å². The summed E-state index contributed by atoms with van der Waals surface area (Å²) in [6.07, 6.45) is 4.81. The maximum atomic E-state index is 11.3. The van der Waals surface area contributed by atoms with Crippen LogP contribution in [-0.2, 0) is 11.3 Å². The number of carboxylic acids is 1. The van der Waals surface area contributed by atoms with Crippen LogP contribution in [0.25, 0.3) is 10.9 Å². The Morgan fingerprint density at radius 1 is 1.03 bits per heavy atom. The molecule has 0 amide bonds. The van der Waals surface area contributed by atoms with Crippen molar-refractivity contribution in [3.05, 3.63) is 65.9 Å². The zero-order valence-electron chi connectivity index (χ0n) is 19.6. The molecule has 0 atom stereocenters. The number of likely N-dealkylation sites (tertiary alicyclic amines) is 1. The van der Waals surface area contributed by atoms with Gasteiger partial charge in [-0.25, -0.2) is 4.79 Å². The average Bonchev–Trinajstić information content (AvgIpc) is 3.18. The fraction of sp³-hybridized carbons (Fsp3) is 0.444. The molecule has 1 fully saturated rings. The van der Waals surface area contributed by atoms with Gasteiger partial charge in [-0.3, -0.25) is 4.90 Å². The molecule has 176 valence electrons. The van der Waals surface area contributed by atoms with E-state index in [1.165, 1.54) is 16.5 Å². The van der Waals surface area contributed by atoms with Gasteiger partial charge in [-0.05, 0) is 69.5 Å². The molecule has 3 aromatic rings. The molecule has 33 heavy (non-hydrogen) atoms. The molecule has 6 heteroatoms. The van der Waals surface area contributed by atoms with E-state index in [-0.39, 0.29) is 11.7 Å². The second-order valence-electron chi connectivity index (χ2n) is 8.98. The largest absolute Gasteiger partial charge is 0.491 e. The van der Waals surface area contributed by atoms with Crippen molar-refractivity contribution < 1.29 is 19.4 Å². The van der Waals surface area contributed by atoms with Crippen molar-refractivity contribution in [1.82, 2.24) is 9.47 Å². The fourth-order valence-corrected chi connectivity index (χ4v) is 4.69. The normalized spacial score (nSPS) is 15.4. The minimum Gasteiger partial charge on any atom is -0.491 e. The number of rotatable bonds is 10. The molecule has 1 aliphatic rings. The van der Waals surface area contributed by atoms with E-state index < -0.39 is 5.97 Å². The van der Waals surface area contributed by atoms with E-state index in [9.17, 15) is 9.90 Å². The molecule has 0 bridgehead atoms. The topological polar surface area (TPSA) is 63.9 Å². The molecule has 0 spiro atoms. The van der Waals surface area contributed by atoms with E-state index in [0.717, 1.165) is 45.6 Å². The van der Waals surface area contributed by atoms with Gasteiger partial charge < -0.3 is 19.1 Å². The number of hydrogen-bond acceptors (Lipinski definition) is 4. The first-order chi connectivity index (χ1) is 16.0. The van der Waals surface area contributed by atoms with E-state index in [2.05, 4.69) is 53.8 Å². The van der Waals surface area contributed by atoms with Crippen LogP contribution in [-0.4, -0.2) is 59.5 Å². The summed E-state index contributed by atoms with van der Waals surface area (Å²) >= 11 is 0. The Labute approximate surface area is 195 Å². The second-order valence-corrected chi connectivity index (χ2v) is 8.98. The smallest absolute Gasteiger partial charge is 0.339 e. The minimum absolute atomic E-state index is 0.214. The van der Waals surface area contributed by atoms with Crippen LogP contribution in [0.4, 0.5) is 0 Å². The van der Waals surface area contributed by atoms with Gasteiger partial charge >= 0.3 is 5.97 Å². The van der Waals surface area contributed by atoms with Crippen molar-refractivity contribution in [1.29, 1.82) is 0 Å². The first kappa shape index (κ1) is 23.3. The lowest BCUT2D eigenvalue weighted by molar-refractivity contribution is 0.0690. The minimum atomic E-state index is -0.957. The third-order valence-corrected chi connectivity index (χ3v) is 6.41. The van der Waals surface area contributed by atoms with Crippen LogP contribution in [0, 0.1) is 0 Å². The molecule has 0 unspecified atom stereocenters. The highest BCUT2D eigenvalue weighted by Gasteiger charge is 2.24. The second kappa shape index (κ2) is 10.9. The number of ether oxygens (including phenoxy) is 2. The van der Waals surface area contributed by atoms with Crippen molar-refractivity contribution in [3.63, 3.8) is 0 Å². The number of carbonyl (C=O) groups is 1. The van der Waals surface area contributed by atoms with Crippen LogP contribution < -0.4 is 4.74 Å². The summed E-state index contributed by atoms with van der Waals surface area (Å²) in [5.74, 6) is 0.0301. The quantitative estimate of drug-likeness (QED) is 0.470. The van der Waals surface area contributed by atoms with Crippen LogP contribution in [0.3, 0.4) is 0 Å². The summed E-state index contributed by atoms with van der Waals surface area (Å²) in [5.41, 5.74) is 2.95. The van der Waals surface area contributed by atoms with Crippen LogP contribution >= 0.6 is 0 Å². The highest BCUT2D eigenvalue weighted by molar-refractivity contribution is 5.90. The Hall–Kier alpha value is -2.83. The molecule has 0 saturated carbocycles. The number of aromatic nitrogens is 1. The number of nitrogens with zero attached hydrogens (tertiary/aromatic N) is 2. The molecule has 2 aromatic carbocycles. The molecule has 1 N–H and O–H groups in total. The zero-order valence-corrected chi connectivity index (χ0v) is 19.6. The van der Waals surface area contributed by atoms with Gasteiger partial charge in [-0.1, -0.05) is 30.3 Å². The van der Waals surface area contributed by atoms with Gasteiger partial charge in [0.2, 0.25) is 0 Å². The van der Waals surface area contributed by atoms with Gasteiger partial charge in [0.1, 0.15) is 17.9 Å².